The molecule has 0 saturated carbocycles. The largest absolute Gasteiger partial charge is 0.484 e. The van der Waals surface area contributed by atoms with Crippen molar-refractivity contribution in [2.45, 2.75) is 13.3 Å². The normalized spacial score (nSPS) is 15.4. The van der Waals surface area contributed by atoms with Crippen molar-refractivity contribution in [3.05, 3.63) is 28.8 Å². The summed E-state index contributed by atoms with van der Waals surface area (Å²) >= 11 is 5.96. The standard InChI is InChI=1S/C16H20ClN3O2/c1-13-11-14(3-4-15(13)17)22-12-16(21)20-9-7-19(8-10-20)6-2-5-18/h3-4,11H,2,6-10,12H2,1H3. The molecule has 0 N–H and O–H groups in total. The summed E-state index contributed by atoms with van der Waals surface area (Å²) in [5.74, 6) is 0.649. The van der Waals surface area contributed by atoms with E-state index in [4.69, 9.17) is 21.6 Å². The van der Waals surface area contributed by atoms with E-state index < -0.39 is 0 Å². The SMILES string of the molecule is Cc1cc(OCC(=O)N2CCN(CCC#N)CC2)ccc1Cl. The van der Waals surface area contributed by atoms with Crippen LogP contribution in [0.4, 0.5) is 0 Å². The lowest BCUT2D eigenvalue weighted by Gasteiger charge is -2.34. The number of nitrogens with zero attached hydrogens (tertiary/aromatic N) is 3. The molecule has 0 atom stereocenters. The number of nitriles is 1. The van der Waals surface area contributed by atoms with Crippen LogP contribution in [0.2, 0.25) is 5.02 Å². The quantitative estimate of drug-likeness (QED) is 0.833. The van der Waals surface area contributed by atoms with Crippen molar-refractivity contribution in [1.82, 2.24) is 9.80 Å². The minimum absolute atomic E-state index is 0.00691. The highest BCUT2D eigenvalue weighted by molar-refractivity contribution is 6.31. The van der Waals surface area contributed by atoms with Crippen LogP contribution in [-0.4, -0.2) is 55.0 Å². The van der Waals surface area contributed by atoms with E-state index in [9.17, 15) is 4.79 Å². The molecular formula is C16H20ClN3O2. The summed E-state index contributed by atoms with van der Waals surface area (Å²) in [6.07, 6.45) is 0.535. The van der Waals surface area contributed by atoms with E-state index in [1.165, 1.54) is 0 Å². The summed E-state index contributed by atoms with van der Waals surface area (Å²) in [5.41, 5.74) is 0.928. The van der Waals surface area contributed by atoms with Gasteiger partial charge in [-0.1, -0.05) is 11.6 Å². The highest BCUT2D eigenvalue weighted by atomic mass is 35.5. The Hall–Kier alpha value is -1.77. The number of amides is 1. The second-order valence-corrected chi connectivity index (χ2v) is 5.74. The van der Waals surface area contributed by atoms with Gasteiger partial charge in [-0.3, -0.25) is 9.69 Å². The average molecular weight is 322 g/mol. The zero-order chi connectivity index (χ0) is 15.9. The van der Waals surface area contributed by atoms with Gasteiger partial charge >= 0.3 is 0 Å². The van der Waals surface area contributed by atoms with Gasteiger partial charge in [0, 0.05) is 44.2 Å². The van der Waals surface area contributed by atoms with Gasteiger partial charge in [-0.05, 0) is 30.7 Å². The Morgan fingerprint density at radius 1 is 1.36 bits per heavy atom. The molecule has 1 saturated heterocycles. The number of aryl methyl sites for hydroxylation is 1. The first-order valence-corrected chi connectivity index (χ1v) is 7.74. The van der Waals surface area contributed by atoms with Gasteiger partial charge in [-0.2, -0.15) is 5.26 Å². The van der Waals surface area contributed by atoms with E-state index >= 15 is 0 Å². The van der Waals surface area contributed by atoms with Crippen LogP contribution in [-0.2, 0) is 4.79 Å². The number of piperazine rings is 1. The van der Waals surface area contributed by atoms with Crippen LogP contribution in [0.5, 0.6) is 5.75 Å². The third-order valence-electron chi connectivity index (χ3n) is 3.76. The molecule has 1 amide bonds. The zero-order valence-electron chi connectivity index (χ0n) is 12.7. The van der Waals surface area contributed by atoms with Crippen molar-refractivity contribution in [1.29, 1.82) is 5.26 Å². The number of rotatable bonds is 5. The summed E-state index contributed by atoms with van der Waals surface area (Å²) in [5, 5.41) is 9.27. The third-order valence-corrected chi connectivity index (χ3v) is 4.18. The first kappa shape index (κ1) is 16.6. The van der Waals surface area contributed by atoms with Crippen LogP contribution in [0, 0.1) is 18.3 Å². The minimum Gasteiger partial charge on any atom is -0.484 e. The Morgan fingerprint density at radius 2 is 2.09 bits per heavy atom. The molecule has 0 unspecified atom stereocenters. The maximum atomic E-state index is 12.1. The maximum Gasteiger partial charge on any atom is 0.260 e. The van der Waals surface area contributed by atoms with E-state index in [1.54, 1.807) is 12.1 Å². The second-order valence-electron chi connectivity index (χ2n) is 5.33. The molecule has 1 aliphatic rings. The highest BCUT2D eigenvalue weighted by Crippen LogP contribution is 2.21. The maximum absolute atomic E-state index is 12.1. The van der Waals surface area contributed by atoms with Crippen molar-refractivity contribution >= 4 is 17.5 Å². The number of carbonyl (C=O) groups excluding carboxylic acids is 1. The van der Waals surface area contributed by atoms with Crippen LogP contribution in [0.25, 0.3) is 0 Å². The molecular weight excluding hydrogens is 302 g/mol. The topological polar surface area (TPSA) is 56.6 Å². The third kappa shape index (κ3) is 4.62. The Labute approximate surface area is 136 Å². The van der Waals surface area contributed by atoms with Crippen molar-refractivity contribution in [2.24, 2.45) is 0 Å². The molecule has 1 aliphatic heterocycles. The van der Waals surface area contributed by atoms with Crippen LogP contribution in [0.1, 0.15) is 12.0 Å². The molecule has 118 valence electrons. The first-order chi connectivity index (χ1) is 10.6. The monoisotopic (exact) mass is 321 g/mol. The predicted octanol–water partition coefficient (Wildman–Crippen LogP) is 2.09. The van der Waals surface area contributed by atoms with Gasteiger partial charge < -0.3 is 9.64 Å². The number of halogens is 1. The fourth-order valence-electron chi connectivity index (χ4n) is 2.37. The molecule has 0 radical (unpaired) electrons. The van der Waals surface area contributed by atoms with Gasteiger partial charge in [-0.15, -0.1) is 0 Å². The van der Waals surface area contributed by atoms with E-state index in [2.05, 4.69) is 11.0 Å². The van der Waals surface area contributed by atoms with E-state index in [-0.39, 0.29) is 12.5 Å². The van der Waals surface area contributed by atoms with Gasteiger partial charge in [0.15, 0.2) is 6.61 Å². The first-order valence-electron chi connectivity index (χ1n) is 7.36. The fourth-order valence-corrected chi connectivity index (χ4v) is 2.49. The van der Waals surface area contributed by atoms with E-state index in [0.717, 1.165) is 25.2 Å². The van der Waals surface area contributed by atoms with Crippen LogP contribution in [0.3, 0.4) is 0 Å². The average Bonchev–Trinajstić information content (AvgIpc) is 2.54. The van der Waals surface area contributed by atoms with Gasteiger partial charge in [0.1, 0.15) is 5.75 Å². The lowest BCUT2D eigenvalue weighted by atomic mass is 10.2. The lowest BCUT2D eigenvalue weighted by molar-refractivity contribution is -0.135. The summed E-state index contributed by atoms with van der Waals surface area (Å²) < 4.78 is 5.54. The Kier molecular flexibility index (Phi) is 6.05. The molecule has 0 spiro atoms. The molecule has 1 aromatic carbocycles. The Bertz CT molecular complexity index is 563. The van der Waals surface area contributed by atoms with Gasteiger partial charge in [-0.25, -0.2) is 0 Å². The summed E-state index contributed by atoms with van der Waals surface area (Å²) in [7, 11) is 0. The highest BCUT2D eigenvalue weighted by Gasteiger charge is 2.21. The molecule has 6 heteroatoms. The summed E-state index contributed by atoms with van der Waals surface area (Å²) in [6, 6.07) is 7.51. The Balaban J connectivity index is 1.76. The van der Waals surface area contributed by atoms with Crippen LogP contribution >= 0.6 is 11.6 Å². The van der Waals surface area contributed by atoms with Crippen molar-refractivity contribution in [3.63, 3.8) is 0 Å². The predicted molar refractivity (Wildman–Crippen MR) is 84.9 cm³/mol. The van der Waals surface area contributed by atoms with E-state index in [0.29, 0.717) is 30.3 Å². The minimum atomic E-state index is -0.00691. The lowest BCUT2D eigenvalue weighted by Crippen LogP contribution is -2.50. The van der Waals surface area contributed by atoms with Gasteiger partial charge in [0.25, 0.3) is 5.91 Å². The van der Waals surface area contributed by atoms with Gasteiger partial charge in [0.2, 0.25) is 0 Å². The molecule has 1 heterocycles. The number of ether oxygens (including phenoxy) is 1. The number of carbonyl (C=O) groups is 1. The molecule has 2 rings (SSSR count). The summed E-state index contributed by atoms with van der Waals surface area (Å²) in [4.78, 5) is 16.2. The molecule has 1 fully saturated rings. The zero-order valence-corrected chi connectivity index (χ0v) is 13.5. The number of benzene rings is 1. The van der Waals surface area contributed by atoms with Crippen molar-refractivity contribution in [2.75, 3.05) is 39.3 Å². The molecule has 5 nitrogen and oxygen atoms in total. The van der Waals surface area contributed by atoms with Gasteiger partial charge in [0.05, 0.1) is 6.07 Å². The number of hydrogen-bond donors (Lipinski definition) is 0. The summed E-state index contributed by atoms with van der Waals surface area (Å²) in [6.45, 7) is 5.72. The van der Waals surface area contributed by atoms with Crippen LogP contribution < -0.4 is 4.74 Å². The second kappa shape index (κ2) is 8.02. The van der Waals surface area contributed by atoms with Crippen LogP contribution in [0.15, 0.2) is 18.2 Å². The molecule has 22 heavy (non-hydrogen) atoms. The number of hydrogen-bond acceptors (Lipinski definition) is 4. The molecule has 1 aromatic rings. The molecule has 0 aliphatic carbocycles. The Morgan fingerprint density at radius 3 is 2.73 bits per heavy atom. The molecule has 0 bridgehead atoms. The molecule has 0 aromatic heterocycles. The fraction of sp³-hybridized carbons (Fsp3) is 0.500. The van der Waals surface area contributed by atoms with Crippen molar-refractivity contribution in [3.8, 4) is 11.8 Å². The van der Waals surface area contributed by atoms with Crippen molar-refractivity contribution < 1.29 is 9.53 Å². The van der Waals surface area contributed by atoms with E-state index in [1.807, 2.05) is 17.9 Å². The smallest absolute Gasteiger partial charge is 0.260 e.